The molecule has 1 aromatic heterocycles. The average Bonchev–Trinajstić information content (AvgIpc) is 2.50. The smallest absolute Gasteiger partial charge is 0.311 e. The summed E-state index contributed by atoms with van der Waals surface area (Å²) in [5.41, 5.74) is 0.377. The van der Waals surface area contributed by atoms with Crippen LogP contribution >= 0.6 is 0 Å². The Morgan fingerprint density at radius 1 is 1.59 bits per heavy atom. The van der Waals surface area contributed by atoms with Crippen LogP contribution in [0.4, 0.5) is 0 Å². The van der Waals surface area contributed by atoms with Crippen LogP contribution in [0.2, 0.25) is 0 Å². The number of aromatic nitrogens is 1. The van der Waals surface area contributed by atoms with E-state index in [1.54, 1.807) is 12.3 Å². The van der Waals surface area contributed by atoms with Gasteiger partial charge in [0.2, 0.25) is 5.88 Å². The highest BCUT2D eigenvalue weighted by Gasteiger charge is 2.41. The average molecular weight is 304 g/mol. The lowest BCUT2D eigenvalue weighted by Crippen LogP contribution is -2.47. The molecule has 1 aliphatic heterocycles. The molecule has 0 radical (unpaired) electrons. The molecule has 0 spiro atoms. The third kappa shape index (κ3) is 3.85. The van der Waals surface area contributed by atoms with Crippen molar-refractivity contribution < 1.29 is 14.6 Å². The summed E-state index contributed by atoms with van der Waals surface area (Å²) in [7, 11) is 0. The number of rotatable bonds is 7. The van der Waals surface area contributed by atoms with Crippen molar-refractivity contribution in [2.45, 2.75) is 32.7 Å². The lowest BCUT2D eigenvalue weighted by atomic mass is 9.77. The minimum Gasteiger partial charge on any atom is -0.481 e. The van der Waals surface area contributed by atoms with E-state index < -0.39 is 11.4 Å². The third-order valence-electron chi connectivity index (χ3n) is 4.14. The molecule has 0 aliphatic carbocycles. The first-order chi connectivity index (χ1) is 10.6. The number of ether oxygens (including phenoxy) is 1. The maximum absolute atomic E-state index is 11.7. The summed E-state index contributed by atoms with van der Waals surface area (Å²) in [5.74, 6) is -0.0987. The molecular formula is C17H24N2O3. The first kappa shape index (κ1) is 16.5. The summed E-state index contributed by atoms with van der Waals surface area (Å²) >= 11 is 0. The second-order valence-corrected chi connectivity index (χ2v) is 5.83. The van der Waals surface area contributed by atoms with Crippen LogP contribution in [0.15, 0.2) is 31.0 Å². The molecule has 1 fully saturated rings. The molecule has 5 heteroatoms. The molecule has 1 aliphatic rings. The molecule has 1 saturated heterocycles. The lowest BCUT2D eigenvalue weighted by Gasteiger charge is -2.39. The number of nitrogens with zero attached hydrogens (tertiary/aromatic N) is 2. The van der Waals surface area contributed by atoms with Crippen LogP contribution in [0, 0.1) is 5.41 Å². The standard InChI is InChI=1S/C17H24N2O3/c1-3-8-17(16(20)21)9-5-10-19(13-17)12-14-6-7-15(18-11-14)22-4-2/h3,6-7,11H,1,4-5,8-10,12-13H2,2H3,(H,20,21)/t17-/m1/s1. The van der Waals surface area contributed by atoms with Crippen LogP contribution in [0.3, 0.4) is 0 Å². The minimum atomic E-state index is -0.720. The molecule has 22 heavy (non-hydrogen) atoms. The van der Waals surface area contributed by atoms with Crippen molar-refractivity contribution >= 4 is 5.97 Å². The van der Waals surface area contributed by atoms with Gasteiger partial charge >= 0.3 is 5.97 Å². The third-order valence-corrected chi connectivity index (χ3v) is 4.14. The maximum atomic E-state index is 11.7. The van der Waals surface area contributed by atoms with Gasteiger partial charge < -0.3 is 9.84 Å². The van der Waals surface area contributed by atoms with Gasteiger partial charge in [-0.15, -0.1) is 6.58 Å². The number of likely N-dealkylation sites (tertiary alicyclic amines) is 1. The van der Waals surface area contributed by atoms with Crippen molar-refractivity contribution in [2.75, 3.05) is 19.7 Å². The highest BCUT2D eigenvalue weighted by atomic mass is 16.5. The normalized spacial score (nSPS) is 22.2. The largest absolute Gasteiger partial charge is 0.481 e. The number of allylic oxidation sites excluding steroid dienone is 1. The van der Waals surface area contributed by atoms with Gasteiger partial charge in [0.25, 0.3) is 0 Å². The number of pyridine rings is 1. The van der Waals surface area contributed by atoms with E-state index in [1.807, 2.05) is 19.1 Å². The van der Waals surface area contributed by atoms with E-state index in [2.05, 4.69) is 16.5 Å². The van der Waals surface area contributed by atoms with Gasteiger partial charge in [-0.3, -0.25) is 9.69 Å². The Kier molecular flexibility index (Phi) is 5.55. The van der Waals surface area contributed by atoms with Crippen LogP contribution < -0.4 is 4.74 Å². The second-order valence-electron chi connectivity index (χ2n) is 5.83. The molecule has 1 N–H and O–H groups in total. The molecule has 0 saturated carbocycles. The van der Waals surface area contributed by atoms with E-state index in [4.69, 9.17) is 4.74 Å². The Balaban J connectivity index is 2.03. The molecule has 1 atom stereocenters. The Labute approximate surface area is 131 Å². The number of aliphatic carboxylic acids is 1. The summed E-state index contributed by atoms with van der Waals surface area (Å²) in [5, 5.41) is 9.60. The maximum Gasteiger partial charge on any atom is 0.311 e. The fourth-order valence-corrected chi connectivity index (χ4v) is 3.06. The van der Waals surface area contributed by atoms with Crippen molar-refractivity contribution in [3.63, 3.8) is 0 Å². The summed E-state index contributed by atoms with van der Waals surface area (Å²) in [6, 6.07) is 3.85. The van der Waals surface area contributed by atoms with Gasteiger partial charge in [0, 0.05) is 25.4 Å². The molecule has 2 heterocycles. The van der Waals surface area contributed by atoms with Crippen molar-refractivity contribution in [1.82, 2.24) is 9.88 Å². The summed E-state index contributed by atoms with van der Waals surface area (Å²) in [4.78, 5) is 18.1. The molecular weight excluding hydrogens is 280 g/mol. The zero-order chi connectivity index (χ0) is 16.0. The van der Waals surface area contributed by atoms with Crippen LogP contribution in [0.1, 0.15) is 31.7 Å². The van der Waals surface area contributed by atoms with Gasteiger partial charge in [0.15, 0.2) is 0 Å². The quantitative estimate of drug-likeness (QED) is 0.785. The number of hydrogen-bond donors (Lipinski definition) is 1. The highest BCUT2D eigenvalue weighted by molar-refractivity contribution is 5.75. The molecule has 120 valence electrons. The monoisotopic (exact) mass is 304 g/mol. The van der Waals surface area contributed by atoms with E-state index in [-0.39, 0.29) is 0 Å². The van der Waals surface area contributed by atoms with Gasteiger partial charge in [-0.1, -0.05) is 12.1 Å². The molecule has 2 rings (SSSR count). The predicted molar refractivity (Wildman–Crippen MR) is 84.8 cm³/mol. The summed E-state index contributed by atoms with van der Waals surface area (Å²) in [6.07, 6.45) is 5.64. The van der Waals surface area contributed by atoms with Crippen molar-refractivity contribution in [3.05, 3.63) is 36.5 Å². The van der Waals surface area contributed by atoms with Crippen LogP contribution in [0.5, 0.6) is 5.88 Å². The van der Waals surface area contributed by atoms with Gasteiger partial charge in [0.05, 0.1) is 12.0 Å². The Bertz CT molecular complexity index is 515. The first-order valence-electron chi connectivity index (χ1n) is 7.74. The number of carboxylic acids is 1. The number of carboxylic acid groups (broad SMARTS) is 1. The van der Waals surface area contributed by atoms with E-state index >= 15 is 0 Å². The van der Waals surface area contributed by atoms with E-state index in [0.717, 1.165) is 18.5 Å². The summed E-state index contributed by atoms with van der Waals surface area (Å²) in [6.45, 7) is 8.42. The predicted octanol–water partition coefficient (Wildman–Crippen LogP) is 2.72. The van der Waals surface area contributed by atoms with E-state index in [1.165, 1.54) is 0 Å². The van der Waals surface area contributed by atoms with Crippen molar-refractivity contribution in [1.29, 1.82) is 0 Å². The van der Waals surface area contributed by atoms with Crippen molar-refractivity contribution in [2.24, 2.45) is 5.41 Å². The molecule has 0 aromatic carbocycles. The SMILES string of the molecule is C=CC[C@@]1(C(=O)O)CCCN(Cc2ccc(OCC)nc2)C1. The van der Waals surface area contributed by atoms with Gasteiger partial charge in [0.1, 0.15) is 0 Å². The Hall–Kier alpha value is -1.88. The van der Waals surface area contributed by atoms with Crippen LogP contribution in [-0.2, 0) is 11.3 Å². The minimum absolute atomic E-state index is 0.514. The van der Waals surface area contributed by atoms with Crippen LogP contribution in [0.25, 0.3) is 0 Å². The van der Waals surface area contributed by atoms with Crippen LogP contribution in [-0.4, -0.2) is 40.7 Å². The fraction of sp³-hybridized carbons (Fsp3) is 0.529. The van der Waals surface area contributed by atoms with Crippen molar-refractivity contribution in [3.8, 4) is 5.88 Å². The lowest BCUT2D eigenvalue weighted by molar-refractivity contribution is -0.152. The second kappa shape index (κ2) is 7.40. The van der Waals surface area contributed by atoms with Gasteiger partial charge in [-0.25, -0.2) is 4.98 Å². The molecule has 0 bridgehead atoms. The fourth-order valence-electron chi connectivity index (χ4n) is 3.06. The number of piperidine rings is 1. The van der Waals surface area contributed by atoms with E-state index in [9.17, 15) is 9.90 Å². The number of carbonyl (C=O) groups is 1. The highest BCUT2D eigenvalue weighted by Crippen LogP contribution is 2.34. The van der Waals surface area contributed by atoms with Gasteiger partial charge in [-0.05, 0) is 38.3 Å². The molecule has 5 nitrogen and oxygen atoms in total. The zero-order valence-electron chi connectivity index (χ0n) is 13.1. The molecule has 0 amide bonds. The van der Waals surface area contributed by atoms with Gasteiger partial charge in [-0.2, -0.15) is 0 Å². The first-order valence-corrected chi connectivity index (χ1v) is 7.74. The Morgan fingerprint density at radius 3 is 3.00 bits per heavy atom. The molecule has 0 unspecified atom stereocenters. The zero-order valence-corrected chi connectivity index (χ0v) is 13.1. The Morgan fingerprint density at radius 2 is 2.41 bits per heavy atom. The summed E-state index contributed by atoms with van der Waals surface area (Å²) < 4.78 is 5.33. The number of hydrogen-bond acceptors (Lipinski definition) is 4. The molecule has 1 aromatic rings. The topological polar surface area (TPSA) is 62.7 Å². The van der Waals surface area contributed by atoms with E-state index in [0.29, 0.717) is 38.4 Å².